The number of aromatic nitrogens is 2. The van der Waals surface area contributed by atoms with Gasteiger partial charge in [0.15, 0.2) is 0 Å². The molecule has 1 aromatic carbocycles. The van der Waals surface area contributed by atoms with Crippen molar-refractivity contribution in [3.8, 4) is 0 Å². The minimum absolute atomic E-state index is 0.00541. The zero-order chi connectivity index (χ0) is 21.9. The average molecular weight is 419 g/mol. The Balaban J connectivity index is 2.39. The number of rotatable bonds is 12. The number of nitrogens with zero attached hydrogens (tertiary/aromatic N) is 4. The molecular weight excluding hydrogens is 394 g/mol. The maximum atomic E-state index is 12.0. The van der Waals surface area contributed by atoms with Crippen LogP contribution in [0.4, 0.5) is 23.0 Å². The van der Waals surface area contributed by atoms with E-state index in [1.807, 2.05) is 0 Å². The lowest BCUT2D eigenvalue weighted by Gasteiger charge is -2.23. The maximum Gasteiger partial charge on any atom is 0.353 e. The summed E-state index contributed by atoms with van der Waals surface area (Å²) in [5, 5.41) is 14.8. The third kappa shape index (κ3) is 6.09. The lowest BCUT2D eigenvalue weighted by Crippen LogP contribution is -2.32. The molecule has 2 aromatic rings. The van der Waals surface area contributed by atoms with Gasteiger partial charge in [-0.2, -0.15) is 0 Å². The highest BCUT2D eigenvalue weighted by molar-refractivity contribution is 5.91. The summed E-state index contributed by atoms with van der Waals surface area (Å²) in [6.45, 7) is 3.44. The highest BCUT2D eigenvalue weighted by Crippen LogP contribution is 2.33. The van der Waals surface area contributed by atoms with E-state index in [1.54, 1.807) is 44.2 Å². The normalized spacial score (nSPS) is 10.5. The van der Waals surface area contributed by atoms with Crippen molar-refractivity contribution in [3.63, 3.8) is 0 Å². The van der Waals surface area contributed by atoms with Crippen molar-refractivity contribution >= 4 is 29.0 Å². The summed E-state index contributed by atoms with van der Waals surface area (Å²) in [6.07, 6.45) is 1.24. The van der Waals surface area contributed by atoms with Crippen LogP contribution < -0.4 is 10.2 Å². The minimum Gasteiger partial charge on any atom is -0.462 e. The third-order valence-electron chi connectivity index (χ3n) is 4.05. The summed E-state index contributed by atoms with van der Waals surface area (Å²) in [5.41, 5.74) is 0.487. The Kier molecular flexibility index (Phi) is 8.91. The highest BCUT2D eigenvalue weighted by Gasteiger charge is 2.27. The number of carbonyl (C=O) groups excluding carboxylic acids is 1. The van der Waals surface area contributed by atoms with Gasteiger partial charge in [-0.1, -0.05) is 6.07 Å². The molecule has 0 unspecified atom stereocenters. The van der Waals surface area contributed by atoms with Gasteiger partial charge in [-0.25, -0.2) is 14.8 Å². The molecule has 0 aliphatic carbocycles. The number of ether oxygens (including phenoxy) is 3. The van der Waals surface area contributed by atoms with E-state index < -0.39 is 10.9 Å². The number of hydrogen-bond acceptors (Lipinski definition) is 10. The van der Waals surface area contributed by atoms with E-state index in [-0.39, 0.29) is 23.9 Å². The van der Waals surface area contributed by atoms with Gasteiger partial charge in [0, 0.05) is 33.0 Å². The highest BCUT2D eigenvalue weighted by atomic mass is 16.6. The molecule has 2 rings (SSSR count). The van der Waals surface area contributed by atoms with Crippen molar-refractivity contribution in [3.05, 3.63) is 46.3 Å². The quantitative estimate of drug-likeness (QED) is 0.311. The van der Waals surface area contributed by atoms with E-state index in [4.69, 9.17) is 14.2 Å². The van der Waals surface area contributed by atoms with Gasteiger partial charge >= 0.3 is 11.7 Å². The monoisotopic (exact) mass is 419 g/mol. The predicted molar refractivity (Wildman–Crippen MR) is 110 cm³/mol. The van der Waals surface area contributed by atoms with Crippen LogP contribution in [0.2, 0.25) is 0 Å². The van der Waals surface area contributed by atoms with E-state index in [0.717, 1.165) is 0 Å². The van der Waals surface area contributed by atoms with Crippen LogP contribution in [0, 0.1) is 10.1 Å². The van der Waals surface area contributed by atoms with E-state index in [2.05, 4.69) is 15.3 Å². The number of benzene rings is 1. The fourth-order valence-electron chi connectivity index (χ4n) is 2.66. The second kappa shape index (κ2) is 11.6. The molecule has 0 saturated carbocycles. The van der Waals surface area contributed by atoms with Crippen LogP contribution in [0.5, 0.6) is 0 Å². The molecule has 0 saturated heterocycles. The van der Waals surface area contributed by atoms with E-state index in [9.17, 15) is 14.9 Å². The van der Waals surface area contributed by atoms with Gasteiger partial charge in [-0.15, -0.1) is 0 Å². The first-order valence-electron chi connectivity index (χ1n) is 9.28. The Morgan fingerprint density at radius 3 is 2.50 bits per heavy atom. The molecule has 0 spiro atoms. The van der Waals surface area contributed by atoms with Crippen LogP contribution in [-0.4, -0.2) is 68.0 Å². The van der Waals surface area contributed by atoms with E-state index in [1.165, 1.54) is 12.4 Å². The SMILES string of the molecule is CCOC(=O)c1cccc(Nc2ncnc(N(CCOC)CCOC)c2[N+](=O)[O-])c1. The zero-order valence-electron chi connectivity index (χ0n) is 17.2. The van der Waals surface area contributed by atoms with E-state index >= 15 is 0 Å². The van der Waals surface area contributed by atoms with Crippen molar-refractivity contribution in [2.45, 2.75) is 6.92 Å². The number of esters is 1. The molecule has 1 N–H and O–H groups in total. The Hall–Kier alpha value is -3.31. The number of carbonyl (C=O) groups is 1. The van der Waals surface area contributed by atoms with Crippen LogP contribution in [0.1, 0.15) is 17.3 Å². The molecule has 30 heavy (non-hydrogen) atoms. The Labute approximate surface area is 174 Å². The largest absolute Gasteiger partial charge is 0.462 e. The summed E-state index contributed by atoms with van der Waals surface area (Å²) >= 11 is 0. The van der Waals surface area contributed by atoms with Crippen LogP contribution in [0.3, 0.4) is 0 Å². The lowest BCUT2D eigenvalue weighted by atomic mass is 10.2. The standard InChI is InChI=1S/C19H25N5O6/c1-4-30-19(25)14-6-5-7-15(12-14)22-17-16(24(26)27)18(21-13-20-17)23(8-10-28-2)9-11-29-3/h5-7,12-13H,4,8-11H2,1-3H3,(H,20,21,22). The molecule has 0 amide bonds. The average Bonchev–Trinajstić information content (AvgIpc) is 2.74. The van der Waals surface area contributed by atoms with Crippen molar-refractivity contribution in [1.82, 2.24) is 9.97 Å². The zero-order valence-corrected chi connectivity index (χ0v) is 17.2. The number of nitro groups is 1. The minimum atomic E-state index is -0.542. The van der Waals surface area contributed by atoms with Crippen LogP contribution in [0.15, 0.2) is 30.6 Å². The third-order valence-corrected chi connectivity index (χ3v) is 4.05. The van der Waals surface area contributed by atoms with Crippen LogP contribution in [-0.2, 0) is 14.2 Å². The molecule has 11 nitrogen and oxygen atoms in total. The van der Waals surface area contributed by atoms with Gasteiger partial charge < -0.3 is 24.4 Å². The summed E-state index contributed by atoms with van der Waals surface area (Å²) in [7, 11) is 3.10. The summed E-state index contributed by atoms with van der Waals surface area (Å²) in [4.78, 5) is 33.1. The Morgan fingerprint density at radius 2 is 1.90 bits per heavy atom. The molecule has 11 heteroatoms. The molecule has 0 aliphatic heterocycles. The number of anilines is 3. The Bertz CT molecular complexity index is 855. The molecule has 0 atom stereocenters. The Morgan fingerprint density at radius 1 is 1.20 bits per heavy atom. The predicted octanol–water partition coefficient (Wildman–Crippen LogP) is 2.40. The fourth-order valence-corrected chi connectivity index (χ4v) is 2.66. The van der Waals surface area contributed by atoms with Crippen LogP contribution >= 0.6 is 0 Å². The lowest BCUT2D eigenvalue weighted by molar-refractivity contribution is -0.383. The second-order valence-electron chi connectivity index (χ2n) is 6.05. The number of nitrogens with one attached hydrogen (secondary N) is 1. The topological polar surface area (TPSA) is 129 Å². The second-order valence-corrected chi connectivity index (χ2v) is 6.05. The number of methoxy groups -OCH3 is 2. The fraction of sp³-hybridized carbons (Fsp3) is 0.421. The van der Waals surface area contributed by atoms with Crippen LogP contribution in [0.25, 0.3) is 0 Å². The summed E-state index contributed by atoms with van der Waals surface area (Å²) < 4.78 is 15.2. The van der Waals surface area contributed by atoms with Crippen molar-refractivity contribution in [2.24, 2.45) is 0 Å². The molecule has 1 heterocycles. The van der Waals surface area contributed by atoms with Gasteiger partial charge in [0.05, 0.1) is 30.3 Å². The molecule has 0 aliphatic rings. The smallest absolute Gasteiger partial charge is 0.353 e. The maximum absolute atomic E-state index is 12.0. The van der Waals surface area contributed by atoms with Crippen molar-refractivity contribution in [2.75, 3.05) is 57.3 Å². The van der Waals surface area contributed by atoms with Gasteiger partial charge in [-0.3, -0.25) is 10.1 Å². The van der Waals surface area contributed by atoms with Gasteiger partial charge in [0.1, 0.15) is 6.33 Å². The molecule has 0 fully saturated rings. The molecular formula is C19H25N5O6. The van der Waals surface area contributed by atoms with Gasteiger partial charge in [0.25, 0.3) is 0 Å². The first-order valence-corrected chi connectivity index (χ1v) is 9.28. The molecule has 0 bridgehead atoms. The molecule has 1 aromatic heterocycles. The summed E-state index contributed by atoms with van der Waals surface area (Å²) in [6, 6.07) is 6.45. The number of hydrogen-bond donors (Lipinski definition) is 1. The summed E-state index contributed by atoms with van der Waals surface area (Å²) in [5.74, 6) is -0.330. The molecule has 162 valence electrons. The van der Waals surface area contributed by atoms with Gasteiger partial charge in [0.2, 0.25) is 11.6 Å². The first kappa shape index (κ1) is 23.0. The van der Waals surface area contributed by atoms with Crippen molar-refractivity contribution < 1.29 is 23.9 Å². The first-order chi connectivity index (χ1) is 14.5. The molecule has 0 radical (unpaired) electrons. The van der Waals surface area contributed by atoms with Crippen molar-refractivity contribution in [1.29, 1.82) is 0 Å². The van der Waals surface area contributed by atoms with Gasteiger partial charge in [-0.05, 0) is 25.1 Å². The van der Waals surface area contributed by atoms with E-state index in [0.29, 0.717) is 37.6 Å².